The lowest BCUT2D eigenvalue weighted by Crippen LogP contribution is -2.46. The first-order chi connectivity index (χ1) is 11.8. The first-order valence-corrected chi connectivity index (χ1v) is 7.55. The number of carbonyl (C=O) groups is 2. The Bertz CT molecular complexity index is 756. The zero-order chi connectivity index (χ0) is 18.4. The molecule has 0 radical (unpaired) electrons. The summed E-state index contributed by atoms with van der Waals surface area (Å²) in [7, 11) is 0. The van der Waals surface area contributed by atoms with Crippen molar-refractivity contribution >= 4 is 17.5 Å². The number of aliphatic hydroxyl groups is 1. The molecule has 2 amide bonds. The number of amides is 2. The fourth-order valence-corrected chi connectivity index (χ4v) is 1.82. The molecule has 1 aromatic carbocycles. The SMILES string of the molecule is CC(=O)Nc1cccc(OCc2noc(C(=O)NC(C)(C)CO)n2)c1. The lowest BCUT2D eigenvalue weighted by atomic mass is 10.1. The molecule has 0 saturated heterocycles. The third kappa shape index (κ3) is 5.57. The number of rotatable bonds is 7. The highest BCUT2D eigenvalue weighted by atomic mass is 16.5. The summed E-state index contributed by atoms with van der Waals surface area (Å²) in [6.45, 7) is 4.50. The van der Waals surface area contributed by atoms with E-state index in [4.69, 9.17) is 14.4 Å². The molecule has 1 aromatic heterocycles. The quantitative estimate of drug-likeness (QED) is 0.684. The average Bonchev–Trinajstić information content (AvgIpc) is 3.01. The minimum absolute atomic E-state index is 0.0102. The number of aliphatic hydroxyl groups excluding tert-OH is 1. The number of hydrogen-bond donors (Lipinski definition) is 3. The van der Waals surface area contributed by atoms with E-state index in [-0.39, 0.29) is 30.8 Å². The molecule has 0 atom stereocenters. The van der Waals surface area contributed by atoms with Crippen molar-refractivity contribution in [2.75, 3.05) is 11.9 Å². The normalized spacial score (nSPS) is 11.0. The van der Waals surface area contributed by atoms with Crippen molar-refractivity contribution in [3.63, 3.8) is 0 Å². The van der Waals surface area contributed by atoms with Gasteiger partial charge in [0.05, 0.1) is 12.1 Å². The second kappa shape index (κ2) is 7.75. The van der Waals surface area contributed by atoms with Gasteiger partial charge in [-0.25, -0.2) is 0 Å². The molecule has 2 rings (SSSR count). The van der Waals surface area contributed by atoms with Crippen LogP contribution in [0.25, 0.3) is 0 Å². The molecule has 9 nitrogen and oxygen atoms in total. The van der Waals surface area contributed by atoms with Crippen LogP contribution in [0.15, 0.2) is 28.8 Å². The Morgan fingerprint density at radius 1 is 1.36 bits per heavy atom. The second-order valence-electron chi connectivity index (χ2n) is 6.01. The Morgan fingerprint density at radius 2 is 2.12 bits per heavy atom. The van der Waals surface area contributed by atoms with Crippen molar-refractivity contribution in [3.05, 3.63) is 36.0 Å². The Balaban J connectivity index is 1.95. The molecule has 0 bridgehead atoms. The van der Waals surface area contributed by atoms with Gasteiger partial charge in [0.15, 0.2) is 6.61 Å². The Labute approximate surface area is 144 Å². The Hall–Kier alpha value is -2.94. The van der Waals surface area contributed by atoms with E-state index in [9.17, 15) is 9.59 Å². The molecule has 1 heterocycles. The molecule has 0 aliphatic heterocycles. The van der Waals surface area contributed by atoms with Crippen molar-refractivity contribution in [1.82, 2.24) is 15.5 Å². The highest BCUT2D eigenvalue weighted by molar-refractivity contribution is 5.90. The summed E-state index contributed by atoms with van der Waals surface area (Å²) >= 11 is 0. The zero-order valence-electron chi connectivity index (χ0n) is 14.2. The molecule has 9 heteroatoms. The van der Waals surface area contributed by atoms with Gasteiger partial charge in [0.2, 0.25) is 11.7 Å². The van der Waals surface area contributed by atoms with Crippen molar-refractivity contribution in [1.29, 1.82) is 0 Å². The molecule has 0 aliphatic carbocycles. The lowest BCUT2D eigenvalue weighted by Gasteiger charge is -2.21. The van der Waals surface area contributed by atoms with E-state index in [2.05, 4.69) is 20.8 Å². The van der Waals surface area contributed by atoms with Crippen molar-refractivity contribution in [3.8, 4) is 5.75 Å². The van der Waals surface area contributed by atoms with Crippen LogP contribution in [0.4, 0.5) is 5.69 Å². The summed E-state index contributed by atoms with van der Waals surface area (Å²) in [4.78, 5) is 27.0. The molecule has 0 aliphatic rings. The number of nitrogens with one attached hydrogen (secondary N) is 2. The number of hydrogen-bond acceptors (Lipinski definition) is 7. The maximum Gasteiger partial charge on any atom is 0.316 e. The number of benzene rings is 1. The minimum Gasteiger partial charge on any atom is -0.485 e. The molecule has 134 valence electrons. The van der Waals surface area contributed by atoms with Crippen LogP contribution < -0.4 is 15.4 Å². The van der Waals surface area contributed by atoms with Crippen LogP contribution in [0, 0.1) is 0 Å². The van der Waals surface area contributed by atoms with Gasteiger partial charge in [0.1, 0.15) is 5.75 Å². The van der Waals surface area contributed by atoms with Crippen LogP contribution in [-0.4, -0.2) is 39.2 Å². The predicted molar refractivity (Wildman–Crippen MR) is 88.0 cm³/mol. The molecule has 0 fully saturated rings. The van der Waals surface area contributed by atoms with Crippen molar-refractivity contribution in [2.24, 2.45) is 0 Å². The summed E-state index contributed by atoms with van der Waals surface area (Å²) < 4.78 is 10.4. The zero-order valence-corrected chi connectivity index (χ0v) is 14.2. The molecule has 2 aromatic rings. The Morgan fingerprint density at radius 3 is 2.80 bits per heavy atom. The number of ether oxygens (including phenoxy) is 1. The molecule has 3 N–H and O–H groups in total. The van der Waals surface area contributed by atoms with Gasteiger partial charge in [-0.2, -0.15) is 4.98 Å². The van der Waals surface area contributed by atoms with E-state index in [1.54, 1.807) is 38.1 Å². The summed E-state index contributed by atoms with van der Waals surface area (Å²) in [6, 6.07) is 6.82. The monoisotopic (exact) mass is 348 g/mol. The third-order valence-corrected chi connectivity index (χ3v) is 3.03. The maximum atomic E-state index is 12.0. The van der Waals surface area contributed by atoms with Crippen LogP contribution in [0.2, 0.25) is 0 Å². The standard InChI is InChI=1S/C16H20N4O5/c1-10(22)17-11-5-4-6-12(7-11)24-8-13-18-15(25-20-13)14(23)19-16(2,3)9-21/h4-7,21H,8-9H2,1-3H3,(H,17,22)(H,19,23). The van der Waals surface area contributed by atoms with Gasteiger partial charge in [-0.15, -0.1) is 0 Å². The van der Waals surface area contributed by atoms with Crippen LogP contribution in [-0.2, 0) is 11.4 Å². The Kier molecular flexibility index (Phi) is 5.71. The molecular formula is C16H20N4O5. The van der Waals surface area contributed by atoms with Gasteiger partial charge in [0, 0.05) is 18.7 Å². The number of carbonyl (C=O) groups excluding carboxylic acids is 2. The minimum atomic E-state index is -0.799. The smallest absolute Gasteiger partial charge is 0.316 e. The molecular weight excluding hydrogens is 328 g/mol. The van der Waals surface area contributed by atoms with Crippen molar-refractivity contribution in [2.45, 2.75) is 32.9 Å². The van der Waals surface area contributed by atoms with Gasteiger partial charge in [0.25, 0.3) is 0 Å². The molecule has 0 saturated carbocycles. The number of aromatic nitrogens is 2. The summed E-state index contributed by atoms with van der Waals surface area (Å²) in [5, 5.41) is 18.0. The van der Waals surface area contributed by atoms with Gasteiger partial charge in [-0.05, 0) is 26.0 Å². The van der Waals surface area contributed by atoms with Crippen LogP contribution in [0.5, 0.6) is 5.75 Å². The van der Waals surface area contributed by atoms with E-state index in [1.807, 2.05) is 0 Å². The van der Waals surface area contributed by atoms with E-state index in [1.165, 1.54) is 6.92 Å². The summed E-state index contributed by atoms with van der Waals surface area (Å²) in [5.74, 6) is -0.283. The van der Waals surface area contributed by atoms with E-state index in [0.717, 1.165) is 0 Å². The molecule has 0 unspecified atom stereocenters. The summed E-state index contributed by atoms with van der Waals surface area (Å²) in [6.07, 6.45) is 0. The van der Waals surface area contributed by atoms with Crippen molar-refractivity contribution < 1.29 is 24.0 Å². The van der Waals surface area contributed by atoms with Gasteiger partial charge in [-0.3, -0.25) is 9.59 Å². The third-order valence-electron chi connectivity index (χ3n) is 3.03. The number of anilines is 1. The fraction of sp³-hybridized carbons (Fsp3) is 0.375. The second-order valence-corrected chi connectivity index (χ2v) is 6.01. The highest BCUT2D eigenvalue weighted by Crippen LogP contribution is 2.18. The predicted octanol–water partition coefficient (Wildman–Crippen LogP) is 1.11. The van der Waals surface area contributed by atoms with Crippen LogP contribution in [0.1, 0.15) is 37.3 Å². The van der Waals surface area contributed by atoms with E-state index in [0.29, 0.717) is 11.4 Å². The lowest BCUT2D eigenvalue weighted by molar-refractivity contribution is -0.114. The topological polar surface area (TPSA) is 127 Å². The van der Waals surface area contributed by atoms with Crippen LogP contribution >= 0.6 is 0 Å². The first kappa shape index (κ1) is 18.4. The first-order valence-electron chi connectivity index (χ1n) is 7.55. The fourth-order valence-electron chi connectivity index (χ4n) is 1.82. The van der Waals surface area contributed by atoms with Gasteiger partial charge < -0.3 is 25.0 Å². The molecule has 0 spiro atoms. The highest BCUT2D eigenvalue weighted by Gasteiger charge is 2.24. The number of nitrogens with zero attached hydrogens (tertiary/aromatic N) is 2. The summed E-state index contributed by atoms with van der Waals surface area (Å²) in [5.41, 5.74) is -0.198. The largest absolute Gasteiger partial charge is 0.485 e. The molecule has 25 heavy (non-hydrogen) atoms. The van der Waals surface area contributed by atoms with E-state index < -0.39 is 11.4 Å². The van der Waals surface area contributed by atoms with Gasteiger partial charge >= 0.3 is 11.8 Å². The average molecular weight is 348 g/mol. The van der Waals surface area contributed by atoms with Gasteiger partial charge in [-0.1, -0.05) is 11.2 Å². The maximum absolute atomic E-state index is 12.0. The van der Waals surface area contributed by atoms with E-state index >= 15 is 0 Å². The van der Waals surface area contributed by atoms with Crippen LogP contribution in [0.3, 0.4) is 0 Å².